The molecule has 3 heterocycles. The number of hydrogen-bond acceptors (Lipinski definition) is 3. The van der Waals surface area contributed by atoms with Gasteiger partial charge in [-0.1, -0.05) is 0 Å². The van der Waals surface area contributed by atoms with Crippen LogP contribution >= 0.6 is 0 Å². The standard InChI is InChI=1S/C19H27N3O3/c1-15(19(23)22-6-2-3-7-22)21-10-8-20(9-11-21)13-16-4-5-17-18(12-16)25-14-24-17/h4-5,12,15H,2-3,6-11,13-14H2,1H3/p+2/t15-/m0/s1. The van der Waals surface area contributed by atoms with Gasteiger partial charge in [0, 0.05) is 18.7 Å². The monoisotopic (exact) mass is 347 g/mol. The van der Waals surface area contributed by atoms with E-state index in [0.29, 0.717) is 12.7 Å². The highest BCUT2D eigenvalue weighted by atomic mass is 16.7. The predicted molar refractivity (Wildman–Crippen MR) is 92.9 cm³/mol. The van der Waals surface area contributed by atoms with Crippen molar-refractivity contribution in [2.45, 2.75) is 32.4 Å². The van der Waals surface area contributed by atoms with Crippen LogP contribution in [0.2, 0.25) is 0 Å². The van der Waals surface area contributed by atoms with E-state index in [4.69, 9.17) is 9.47 Å². The Balaban J connectivity index is 1.28. The minimum absolute atomic E-state index is 0.102. The van der Waals surface area contributed by atoms with Crippen LogP contribution in [0.15, 0.2) is 18.2 Å². The van der Waals surface area contributed by atoms with Gasteiger partial charge in [0.25, 0.3) is 5.91 Å². The molecule has 1 atom stereocenters. The molecule has 2 N–H and O–H groups in total. The minimum Gasteiger partial charge on any atom is -0.454 e. The van der Waals surface area contributed by atoms with E-state index in [-0.39, 0.29) is 6.04 Å². The molecule has 6 nitrogen and oxygen atoms in total. The van der Waals surface area contributed by atoms with E-state index in [2.05, 4.69) is 24.0 Å². The van der Waals surface area contributed by atoms with Crippen molar-refractivity contribution in [3.63, 3.8) is 0 Å². The summed E-state index contributed by atoms with van der Waals surface area (Å²) in [5, 5.41) is 0. The molecule has 6 heteroatoms. The first-order valence-electron chi connectivity index (χ1n) is 9.56. The zero-order chi connectivity index (χ0) is 17.2. The van der Waals surface area contributed by atoms with Crippen LogP contribution in [0.3, 0.4) is 0 Å². The van der Waals surface area contributed by atoms with Gasteiger partial charge in [0.15, 0.2) is 17.5 Å². The smallest absolute Gasteiger partial charge is 0.280 e. The second kappa shape index (κ2) is 7.22. The Labute approximate surface area is 149 Å². The quantitative estimate of drug-likeness (QED) is 0.713. The molecule has 0 spiro atoms. The number of piperazine rings is 1. The van der Waals surface area contributed by atoms with Gasteiger partial charge in [-0.15, -0.1) is 0 Å². The Morgan fingerprint density at radius 1 is 1.12 bits per heavy atom. The van der Waals surface area contributed by atoms with E-state index < -0.39 is 0 Å². The van der Waals surface area contributed by atoms with Crippen LogP contribution in [0.5, 0.6) is 11.5 Å². The number of ether oxygens (including phenoxy) is 2. The number of hydrogen-bond donors (Lipinski definition) is 2. The van der Waals surface area contributed by atoms with Crippen LogP contribution in [-0.4, -0.2) is 62.9 Å². The average molecular weight is 347 g/mol. The molecule has 25 heavy (non-hydrogen) atoms. The van der Waals surface area contributed by atoms with Gasteiger partial charge in [-0.05, 0) is 38.0 Å². The zero-order valence-corrected chi connectivity index (χ0v) is 15.1. The van der Waals surface area contributed by atoms with Crippen molar-refractivity contribution >= 4 is 5.91 Å². The number of nitrogens with one attached hydrogen (secondary N) is 2. The summed E-state index contributed by atoms with van der Waals surface area (Å²) in [5.74, 6) is 2.07. The SMILES string of the molecule is C[C@@H](C(=O)N1CCCC1)[NH+]1CC[NH+](Cc2ccc3c(c2)OCO3)CC1. The summed E-state index contributed by atoms with van der Waals surface area (Å²) in [6.45, 7) is 9.73. The third-order valence-corrected chi connectivity index (χ3v) is 5.89. The van der Waals surface area contributed by atoms with Crippen LogP contribution in [0.1, 0.15) is 25.3 Å². The second-order valence-corrected chi connectivity index (χ2v) is 7.53. The van der Waals surface area contributed by atoms with Gasteiger partial charge in [0.1, 0.15) is 32.7 Å². The fourth-order valence-electron chi connectivity index (χ4n) is 4.26. The molecule has 3 aliphatic heterocycles. The van der Waals surface area contributed by atoms with E-state index in [9.17, 15) is 4.79 Å². The van der Waals surface area contributed by atoms with Gasteiger partial charge in [0.2, 0.25) is 6.79 Å². The maximum atomic E-state index is 12.6. The molecule has 1 aromatic rings. The summed E-state index contributed by atoms with van der Waals surface area (Å²) in [6, 6.07) is 6.35. The van der Waals surface area contributed by atoms with Gasteiger partial charge in [-0.3, -0.25) is 4.79 Å². The molecule has 3 aliphatic rings. The third kappa shape index (κ3) is 3.60. The number of carbonyl (C=O) groups is 1. The van der Waals surface area contributed by atoms with Crippen molar-refractivity contribution in [3.05, 3.63) is 23.8 Å². The zero-order valence-electron chi connectivity index (χ0n) is 15.1. The van der Waals surface area contributed by atoms with Gasteiger partial charge >= 0.3 is 0 Å². The van der Waals surface area contributed by atoms with Crippen molar-refractivity contribution in [1.82, 2.24) is 4.90 Å². The molecule has 0 aliphatic carbocycles. The van der Waals surface area contributed by atoms with Gasteiger partial charge in [0.05, 0.1) is 0 Å². The van der Waals surface area contributed by atoms with Crippen LogP contribution in [-0.2, 0) is 11.3 Å². The van der Waals surface area contributed by atoms with Gasteiger partial charge in [-0.25, -0.2) is 0 Å². The highest BCUT2D eigenvalue weighted by molar-refractivity contribution is 5.80. The Hall–Kier alpha value is -1.79. The summed E-state index contributed by atoms with van der Waals surface area (Å²) < 4.78 is 10.9. The fraction of sp³-hybridized carbons (Fsp3) is 0.632. The summed E-state index contributed by atoms with van der Waals surface area (Å²) in [5.41, 5.74) is 1.30. The molecular weight excluding hydrogens is 318 g/mol. The van der Waals surface area contributed by atoms with E-state index in [1.165, 1.54) is 23.3 Å². The molecule has 0 unspecified atom stereocenters. The molecule has 1 amide bonds. The number of amides is 1. The van der Waals surface area contributed by atoms with Gasteiger partial charge in [-0.2, -0.15) is 0 Å². The highest BCUT2D eigenvalue weighted by Crippen LogP contribution is 2.32. The summed E-state index contributed by atoms with van der Waals surface area (Å²) in [6.07, 6.45) is 2.34. The van der Waals surface area contributed by atoms with Gasteiger partial charge < -0.3 is 24.2 Å². The number of quaternary nitrogens is 2. The van der Waals surface area contributed by atoms with Crippen LogP contribution < -0.4 is 19.3 Å². The van der Waals surface area contributed by atoms with Crippen molar-refractivity contribution in [2.75, 3.05) is 46.1 Å². The number of nitrogens with zero attached hydrogens (tertiary/aromatic N) is 1. The van der Waals surface area contributed by atoms with E-state index in [0.717, 1.165) is 57.3 Å². The van der Waals surface area contributed by atoms with E-state index in [1.807, 2.05) is 6.07 Å². The lowest BCUT2D eigenvalue weighted by Gasteiger charge is -2.34. The first kappa shape index (κ1) is 16.7. The number of rotatable bonds is 4. The van der Waals surface area contributed by atoms with Crippen molar-refractivity contribution < 1.29 is 24.1 Å². The fourth-order valence-corrected chi connectivity index (χ4v) is 4.26. The molecule has 0 aromatic heterocycles. The lowest BCUT2D eigenvalue weighted by atomic mass is 10.1. The average Bonchev–Trinajstić information content (AvgIpc) is 3.32. The Morgan fingerprint density at radius 3 is 2.60 bits per heavy atom. The molecule has 1 aromatic carbocycles. The third-order valence-electron chi connectivity index (χ3n) is 5.89. The molecule has 2 fully saturated rings. The number of likely N-dealkylation sites (tertiary alicyclic amines) is 1. The summed E-state index contributed by atoms with van der Waals surface area (Å²) in [4.78, 5) is 17.7. The largest absolute Gasteiger partial charge is 0.454 e. The molecular formula is C19H29N3O3+2. The predicted octanol–water partition coefficient (Wildman–Crippen LogP) is -1.29. The van der Waals surface area contributed by atoms with Crippen molar-refractivity contribution in [3.8, 4) is 11.5 Å². The first-order valence-corrected chi connectivity index (χ1v) is 9.56. The minimum atomic E-state index is 0.102. The first-order chi connectivity index (χ1) is 12.2. The number of fused-ring (bicyclic) bond motifs is 1. The highest BCUT2D eigenvalue weighted by Gasteiger charge is 2.34. The van der Waals surface area contributed by atoms with Crippen molar-refractivity contribution in [2.24, 2.45) is 0 Å². The topological polar surface area (TPSA) is 47.7 Å². The lowest BCUT2D eigenvalue weighted by Crippen LogP contribution is -3.29. The second-order valence-electron chi connectivity index (χ2n) is 7.53. The van der Waals surface area contributed by atoms with E-state index in [1.54, 1.807) is 4.90 Å². The Morgan fingerprint density at radius 2 is 1.84 bits per heavy atom. The van der Waals surface area contributed by atoms with Crippen molar-refractivity contribution in [1.29, 1.82) is 0 Å². The molecule has 2 saturated heterocycles. The summed E-state index contributed by atoms with van der Waals surface area (Å²) in [7, 11) is 0. The Kier molecular flexibility index (Phi) is 4.81. The molecule has 4 rings (SSSR count). The molecule has 0 bridgehead atoms. The summed E-state index contributed by atoms with van der Waals surface area (Å²) >= 11 is 0. The number of benzene rings is 1. The van der Waals surface area contributed by atoms with Crippen LogP contribution in [0, 0.1) is 0 Å². The maximum absolute atomic E-state index is 12.6. The van der Waals surface area contributed by atoms with Crippen LogP contribution in [0.25, 0.3) is 0 Å². The maximum Gasteiger partial charge on any atom is 0.280 e. The van der Waals surface area contributed by atoms with E-state index >= 15 is 0 Å². The normalized spacial score (nSPS) is 26.7. The lowest BCUT2D eigenvalue weighted by molar-refractivity contribution is -1.02. The Bertz CT molecular complexity index is 622. The van der Waals surface area contributed by atoms with Crippen LogP contribution in [0.4, 0.5) is 0 Å². The molecule has 0 saturated carbocycles. The number of carbonyl (C=O) groups excluding carboxylic acids is 1. The molecule has 136 valence electrons. The molecule has 0 radical (unpaired) electrons.